The van der Waals surface area contributed by atoms with Gasteiger partial charge in [0.25, 0.3) is 0 Å². The first-order valence-electron chi connectivity index (χ1n) is 4.48. The summed E-state index contributed by atoms with van der Waals surface area (Å²) < 4.78 is 0. The first-order chi connectivity index (χ1) is 6.49. The quantitative estimate of drug-likeness (QED) is 0.543. The Morgan fingerprint density at radius 3 is 2.71 bits per heavy atom. The van der Waals surface area contributed by atoms with Crippen molar-refractivity contribution in [2.75, 3.05) is 16.4 Å². The van der Waals surface area contributed by atoms with Crippen molar-refractivity contribution >= 4 is 23.0 Å². The smallest absolute Gasteiger partial charge is 0.249 e. The number of fused-ring (bicyclic) bond motifs is 1. The normalized spacial score (nSPS) is 18.0. The van der Waals surface area contributed by atoms with E-state index < -0.39 is 5.54 Å². The SMILES string of the molecule is CC1(C)Nc2cc(N)ccc2NC1=O. The Morgan fingerprint density at radius 1 is 1.29 bits per heavy atom. The van der Waals surface area contributed by atoms with Crippen molar-refractivity contribution < 1.29 is 4.79 Å². The summed E-state index contributed by atoms with van der Waals surface area (Å²) in [6.07, 6.45) is 0. The van der Waals surface area contributed by atoms with E-state index in [-0.39, 0.29) is 5.91 Å². The molecule has 0 bridgehead atoms. The van der Waals surface area contributed by atoms with Gasteiger partial charge in [0.2, 0.25) is 5.91 Å². The second-order valence-electron chi connectivity index (χ2n) is 4.01. The van der Waals surface area contributed by atoms with E-state index in [2.05, 4.69) is 10.6 Å². The molecule has 4 nitrogen and oxygen atoms in total. The van der Waals surface area contributed by atoms with Crippen LogP contribution >= 0.6 is 0 Å². The number of benzene rings is 1. The van der Waals surface area contributed by atoms with Crippen LogP contribution in [0.3, 0.4) is 0 Å². The molecule has 0 saturated carbocycles. The summed E-state index contributed by atoms with van der Waals surface area (Å²) in [6, 6.07) is 5.38. The van der Waals surface area contributed by atoms with Gasteiger partial charge in [-0.2, -0.15) is 0 Å². The zero-order valence-corrected chi connectivity index (χ0v) is 8.22. The van der Waals surface area contributed by atoms with Gasteiger partial charge >= 0.3 is 0 Å². The average Bonchev–Trinajstić information content (AvgIpc) is 2.07. The number of carbonyl (C=O) groups is 1. The first kappa shape index (κ1) is 8.87. The molecule has 0 spiro atoms. The molecule has 2 rings (SSSR count). The van der Waals surface area contributed by atoms with E-state index in [0.29, 0.717) is 5.69 Å². The van der Waals surface area contributed by atoms with Gasteiger partial charge in [0.1, 0.15) is 5.54 Å². The van der Waals surface area contributed by atoms with E-state index in [1.165, 1.54) is 0 Å². The topological polar surface area (TPSA) is 67.2 Å². The molecule has 1 aliphatic rings. The maximum Gasteiger partial charge on any atom is 0.249 e. The molecule has 0 aliphatic carbocycles. The van der Waals surface area contributed by atoms with Gasteiger partial charge in [-0.05, 0) is 32.0 Å². The molecule has 0 atom stereocenters. The van der Waals surface area contributed by atoms with Crippen LogP contribution < -0.4 is 16.4 Å². The molecule has 1 aliphatic heterocycles. The van der Waals surface area contributed by atoms with Gasteiger partial charge in [-0.15, -0.1) is 0 Å². The van der Waals surface area contributed by atoms with Crippen molar-refractivity contribution in [2.45, 2.75) is 19.4 Å². The molecule has 0 saturated heterocycles. The first-order valence-corrected chi connectivity index (χ1v) is 4.48. The van der Waals surface area contributed by atoms with Gasteiger partial charge in [0, 0.05) is 5.69 Å². The number of nitrogen functional groups attached to an aromatic ring is 1. The van der Waals surface area contributed by atoms with E-state index >= 15 is 0 Å². The van der Waals surface area contributed by atoms with Gasteiger partial charge < -0.3 is 16.4 Å². The standard InChI is InChI=1S/C10H13N3O/c1-10(2)9(14)12-7-4-3-6(11)5-8(7)13-10/h3-5,13H,11H2,1-2H3,(H,12,14). The van der Waals surface area contributed by atoms with Crippen molar-refractivity contribution in [3.63, 3.8) is 0 Å². The minimum absolute atomic E-state index is 0.0326. The largest absolute Gasteiger partial charge is 0.399 e. The van der Waals surface area contributed by atoms with Crippen LogP contribution in [0.15, 0.2) is 18.2 Å². The Bertz CT molecular complexity index is 398. The molecule has 1 heterocycles. The van der Waals surface area contributed by atoms with E-state index in [9.17, 15) is 4.79 Å². The van der Waals surface area contributed by atoms with E-state index in [1.54, 1.807) is 12.1 Å². The van der Waals surface area contributed by atoms with Gasteiger partial charge in [-0.25, -0.2) is 0 Å². The monoisotopic (exact) mass is 191 g/mol. The van der Waals surface area contributed by atoms with Crippen molar-refractivity contribution in [3.05, 3.63) is 18.2 Å². The fraction of sp³-hybridized carbons (Fsp3) is 0.300. The molecule has 1 aromatic carbocycles. The second-order valence-corrected chi connectivity index (χ2v) is 4.01. The summed E-state index contributed by atoms with van der Waals surface area (Å²) in [4.78, 5) is 11.6. The number of nitrogens with one attached hydrogen (secondary N) is 2. The van der Waals surface area contributed by atoms with Crippen LogP contribution in [-0.2, 0) is 4.79 Å². The lowest BCUT2D eigenvalue weighted by molar-refractivity contribution is -0.119. The van der Waals surface area contributed by atoms with Gasteiger partial charge in [-0.1, -0.05) is 0 Å². The molecule has 0 aromatic heterocycles. The lowest BCUT2D eigenvalue weighted by atomic mass is 10.00. The molecule has 0 radical (unpaired) electrons. The van der Waals surface area contributed by atoms with Crippen molar-refractivity contribution in [3.8, 4) is 0 Å². The van der Waals surface area contributed by atoms with E-state index in [1.807, 2.05) is 19.9 Å². The summed E-state index contributed by atoms with van der Waals surface area (Å²) in [5.41, 5.74) is 7.40. The zero-order valence-electron chi connectivity index (χ0n) is 8.22. The summed E-state index contributed by atoms with van der Waals surface area (Å²) in [5.74, 6) is -0.0326. The lowest BCUT2D eigenvalue weighted by Crippen LogP contribution is -2.47. The van der Waals surface area contributed by atoms with Crippen LogP contribution in [0.4, 0.5) is 17.1 Å². The predicted octanol–water partition coefficient (Wildman–Crippen LogP) is 1.41. The molecule has 1 aromatic rings. The van der Waals surface area contributed by atoms with E-state index in [4.69, 9.17) is 5.73 Å². The van der Waals surface area contributed by atoms with Crippen LogP contribution in [-0.4, -0.2) is 11.4 Å². The third-order valence-corrected chi connectivity index (χ3v) is 2.31. The number of amides is 1. The van der Waals surface area contributed by atoms with Crippen LogP contribution in [0.2, 0.25) is 0 Å². The summed E-state index contributed by atoms with van der Waals surface area (Å²) in [7, 11) is 0. The molecule has 74 valence electrons. The van der Waals surface area contributed by atoms with E-state index in [0.717, 1.165) is 11.4 Å². The average molecular weight is 191 g/mol. The Hall–Kier alpha value is -1.71. The molecule has 1 amide bonds. The number of rotatable bonds is 0. The minimum Gasteiger partial charge on any atom is -0.399 e. The van der Waals surface area contributed by atoms with Crippen LogP contribution in [0, 0.1) is 0 Å². The fourth-order valence-corrected chi connectivity index (χ4v) is 1.45. The highest BCUT2D eigenvalue weighted by Gasteiger charge is 2.32. The molecule has 4 N–H and O–H groups in total. The Balaban J connectivity index is 2.46. The van der Waals surface area contributed by atoms with Crippen molar-refractivity contribution in [1.82, 2.24) is 0 Å². The third kappa shape index (κ3) is 1.28. The highest BCUT2D eigenvalue weighted by molar-refractivity contribution is 6.05. The van der Waals surface area contributed by atoms with Gasteiger partial charge in [0.05, 0.1) is 11.4 Å². The zero-order chi connectivity index (χ0) is 10.3. The minimum atomic E-state index is -0.583. The summed E-state index contributed by atoms with van der Waals surface area (Å²) >= 11 is 0. The number of carbonyl (C=O) groups excluding carboxylic acids is 1. The number of hydrogen-bond acceptors (Lipinski definition) is 3. The van der Waals surface area contributed by atoms with Gasteiger partial charge in [0.15, 0.2) is 0 Å². The Morgan fingerprint density at radius 2 is 2.00 bits per heavy atom. The number of nitrogens with two attached hydrogens (primary N) is 1. The maximum atomic E-state index is 11.6. The predicted molar refractivity (Wildman–Crippen MR) is 57.2 cm³/mol. The summed E-state index contributed by atoms with van der Waals surface area (Å²) in [6.45, 7) is 3.66. The molecule has 4 heteroatoms. The molecule has 0 unspecified atom stereocenters. The van der Waals surface area contributed by atoms with Crippen LogP contribution in [0.25, 0.3) is 0 Å². The molecule has 14 heavy (non-hydrogen) atoms. The molecular formula is C10H13N3O. The number of anilines is 3. The summed E-state index contributed by atoms with van der Waals surface area (Å²) in [5, 5.41) is 5.96. The highest BCUT2D eigenvalue weighted by atomic mass is 16.2. The van der Waals surface area contributed by atoms with Crippen molar-refractivity contribution in [2.24, 2.45) is 0 Å². The van der Waals surface area contributed by atoms with Crippen LogP contribution in [0.5, 0.6) is 0 Å². The maximum absolute atomic E-state index is 11.6. The van der Waals surface area contributed by atoms with Crippen molar-refractivity contribution in [1.29, 1.82) is 0 Å². The molecular weight excluding hydrogens is 178 g/mol. The Kier molecular flexibility index (Phi) is 1.67. The third-order valence-electron chi connectivity index (χ3n) is 2.31. The fourth-order valence-electron chi connectivity index (χ4n) is 1.45. The highest BCUT2D eigenvalue weighted by Crippen LogP contribution is 2.31. The van der Waals surface area contributed by atoms with Gasteiger partial charge in [-0.3, -0.25) is 4.79 Å². The number of hydrogen-bond donors (Lipinski definition) is 3. The lowest BCUT2D eigenvalue weighted by Gasteiger charge is -2.32. The second kappa shape index (κ2) is 2.64. The Labute approximate surface area is 82.5 Å². The van der Waals surface area contributed by atoms with Crippen LogP contribution in [0.1, 0.15) is 13.8 Å². The molecule has 0 fully saturated rings.